The maximum Gasteiger partial charge on any atom is 0.223 e. The van der Waals surface area contributed by atoms with Crippen LogP contribution in [-0.4, -0.2) is 63.5 Å². The van der Waals surface area contributed by atoms with Gasteiger partial charge in [0.05, 0.1) is 18.6 Å². The quantitative estimate of drug-likeness (QED) is 0.369. The molecule has 6 N–H and O–H groups in total. The standard InChI is InChI=1S/C10H19NO6/c1-2-4(10(11)16)9-8(15)7(14)6(13)5(3-12)17-9/h4-9,12-15H,2-3H2,1H3,(H2,11,16)/t4?,5-,6-,7+,8-,9?/m1/s1. The summed E-state index contributed by atoms with van der Waals surface area (Å²) in [5.41, 5.74) is 5.17. The average molecular weight is 249 g/mol. The van der Waals surface area contributed by atoms with E-state index in [4.69, 9.17) is 15.6 Å². The number of aliphatic hydroxyl groups excluding tert-OH is 4. The Hall–Kier alpha value is -0.730. The summed E-state index contributed by atoms with van der Waals surface area (Å²) in [5, 5.41) is 37.8. The van der Waals surface area contributed by atoms with Crippen LogP contribution in [0.1, 0.15) is 13.3 Å². The molecular formula is C10H19NO6. The van der Waals surface area contributed by atoms with Gasteiger partial charge in [-0.3, -0.25) is 4.79 Å². The fraction of sp³-hybridized carbons (Fsp3) is 0.900. The summed E-state index contributed by atoms with van der Waals surface area (Å²) in [5.74, 6) is -1.43. The molecule has 7 nitrogen and oxygen atoms in total. The molecule has 0 spiro atoms. The Balaban J connectivity index is 2.87. The number of carbonyl (C=O) groups is 1. The normalized spacial score (nSPS) is 39.9. The van der Waals surface area contributed by atoms with Crippen molar-refractivity contribution >= 4 is 5.91 Å². The minimum Gasteiger partial charge on any atom is -0.394 e. The third-order valence-electron chi connectivity index (χ3n) is 3.13. The topological polar surface area (TPSA) is 133 Å². The number of hydrogen-bond donors (Lipinski definition) is 5. The van der Waals surface area contributed by atoms with Crippen molar-refractivity contribution in [3.63, 3.8) is 0 Å². The lowest BCUT2D eigenvalue weighted by atomic mass is 9.86. The molecule has 1 aliphatic rings. The summed E-state index contributed by atoms with van der Waals surface area (Å²) in [6.45, 7) is 1.17. The van der Waals surface area contributed by atoms with Gasteiger partial charge in [-0.05, 0) is 6.42 Å². The van der Waals surface area contributed by atoms with Gasteiger partial charge >= 0.3 is 0 Å². The number of amides is 1. The van der Waals surface area contributed by atoms with Gasteiger partial charge in [0.25, 0.3) is 0 Å². The van der Waals surface area contributed by atoms with Gasteiger partial charge in [-0.1, -0.05) is 6.92 Å². The Morgan fingerprint density at radius 1 is 1.29 bits per heavy atom. The molecule has 7 heteroatoms. The van der Waals surface area contributed by atoms with E-state index in [1.165, 1.54) is 0 Å². The molecule has 1 saturated heterocycles. The van der Waals surface area contributed by atoms with Crippen LogP contribution in [0.15, 0.2) is 0 Å². The van der Waals surface area contributed by atoms with Gasteiger partial charge in [-0.15, -0.1) is 0 Å². The van der Waals surface area contributed by atoms with E-state index in [-0.39, 0.29) is 0 Å². The molecular weight excluding hydrogens is 230 g/mol. The molecule has 1 fully saturated rings. The Morgan fingerprint density at radius 3 is 2.29 bits per heavy atom. The Kier molecular flexibility index (Phi) is 4.84. The van der Waals surface area contributed by atoms with E-state index < -0.39 is 49.0 Å². The van der Waals surface area contributed by atoms with Crippen molar-refractivity contribution in [2.24, 2.45) is 11.7 Å². The molecule has 17 heavy (non-hydrogen) atoms. The maximum absolute atomic E-state index is 11.2. The van der Waals surface area contributed by atoms with Gasteiger partial charge < -0.3 is 30.9 Å². The van der Waals surface area contributed by atoms with Gasteiger partial charge in [0.15, 0.2) is 0 Å². The first kappa shape index (κ1) is 14.3. The molecule has 1 amide bonds. The SMILES string of the molecule is CCC(C(N)=O)C1O[C@H](CO)[C@@H](O)[C@H](O)[C@H]1O. The third kappa shape index (κ3) is 2.75. The first-order valence-corrected chi connectivity index (χ1v) is 5.53. The van der Waals surface area contributed by atoms with Crippen LogP contribution in [0.4, 0.5) is 0 Å². The Bertz CT molecular complexity index is 272. The second-order valence-corrected chi connectivity index (χ2v) is 4.21. The highest BCUT2D eigenvalue weighted by molar-refractivity contribution is 5.77. The number of rotatable bonds is 4. The number of hydrogen-bond acceptors (Lipinski definition) is 6. The van der Waals surface area contributed by atoms with E-state index in [0.29, 0.717) is 6.42 Å². The highest BCUT2D eigenvalue weighted by Crippen LogP contribution is 2.27. The average Bonchev–Trinajstić information content (AvgIpc) is 2.29. The summed E-state index contributed by atoms with van der Waals surface area (Å²) in [4.78, 5) is 11.2. The lowest BCUT2D eigenvalue weighted by Crippen LogP contribution is -2.61. The van der Waals surface area contributed by atoms with Crippen molar-refractivity contribution in [2.45, 2.75) is 43.9 Å². The lowest BCUT2D eigenvalue weighted by Gasteiger charge is -2.42. The summed E-state index contributed by atoms with van der Waals surface area (Å²) >= 11 is 0. The van der Waals surface area contributed by atoms with Gasteiger partial charge in [0, 0.05) is 0 Å². The van der Waals surface area contributed by atoms with E-state index in [9.17, 15) is 20.1 Å². The Morgan fingerprint density at radius 2 is 1.88 bits per heavy atom. The van der Waals surface area contributed by atoms with Gasteiger partial charge in [-0.25, -0.2) is 0 Å². The Labute approximate surface area is 98.8 Å². The number of ether oxygens (including phenoxy) is 1. The van der Waals surface area contributed by atoms with Crippen molar-refractivity contribution < 1.29 is 30.0 Å². The van der Waals surface area contributed by atoms with Crippen LogP contribution in [0.25, 0.3) is 0 Å². The number of carbonyl (C=O) groups excluding carboxylic acids is 1. The molecule has 100 valence electrons. The molecule has 0 aromatic rings. The number of primary amides is 1. The zero-order chi connectivity index (χ0) is 13.2. The predicted octanol–water partition coefficient (Wildman–Crippen LogP) is -2.66. The number of aliphatic hydroxyl groups is 4. The summed E-state index contributed by atoms with van der Waals surface area (Å²) in [6.07, 6.45) is -6.00. The van der Waals surface area contributed by atoms with E-state index in [1.807, 2.05) is 0 Å². The summed E-state index contributed by atoms with van der Waals surface area (Å²) < 4.78 is 5.23. The minimum atomic E-state index is -1.47. The zero-order valence-corrected chi connectivity index (χ0v) is 9.56. The van der Waals surface area contributed by atoms with Crippen molar-refractivity contribution in [3.8, 4) is 0 Å². The fourth-order valence-corrected chi connectivity index (χ4v) is 2.06. The summed E-state index contributed by atoms with van der Waals surface area (Å²) in [6, 6.07) is 0. The molecule has 1 aliphatic heterocycles. The molecule has 0 radical (unpaired) electrons. The second kappa shape index (κ2) is 5.74. The van der Waals surface area contributed by atoms with Crippen LogP contribution in [0.3, 0.4) is 0 Å². The highest BCUT2D eigenvalue weighted by Gasteiger charge is 2.47. The van der Waals surface area contributed by atoms with E-state index in [2.05, 4.69) is 0 Å². The first-order valence-electron chi connectivity index (χ1n) is 5.53. The van der Waals surface area contributed by atoms with Crippen LogP contribution in [-0.2, 0) is 9.53 Å². The molecule has 1 heterocycles. The van der Waals surface area contributed by atoms with Crippen LogP contribution in [0.2, 0.25) is 0 Å². The number of nitrogens with two attached hydrogens (primary N) is 1. The zero-order valence-electron chi connectivity index (χ0n) is 9.56. The van der Waals surface area contributed by atoms with Crippen LogP contribution in [0.5, 0.6) is 0 Å². The van der Waals surface area contributed by atoms with Crippen molar-refractivity contribution in [2.75, 3.05) is 6.61 Å². The largest absolute Gasteiger partial charge is 0.394 e. The van der Waals surface area contributed by atoms with Gasteiger partial charge in [0.2, 0.25) is 5.91 Å². The molecule has 0 aromatic heterocycles. The molecule has 0 aromatic carbocycles. The predicted molar refractivity (Wildman–Crippen MR) is 56.7 cm³/mol. The summed E-state index contributed by atoms with van der Waals surface area (Å²) in [7, 11) is 0. The van der Waals surface area contributed by atoms with Crippen molar-refractivity contribution in [1.29, 1.82) is 0 Å². The van der Waals surface area contributed by atoms with Crippen LogP contribution < -0.4 is 5.73 Å². The third-order valence-corrected chi connectivity index (χ3v) is 3.13. The molecule has 1 rings (SSSR count). The van der Waals surface area contributed by atoms with Crippen molar-refractivity contribution in [1.82, 2.24) is 0 Å². The molecule has 0 bridgehead atoms. The molecule has 0 aliphatic carbocycles. The van der Waals surface area contributed by atoms with Gasteiger partial charge in [-0.2, -0.15) is 0 Å². The molecule has 6 atom stereocenters. The molecule has 0 saturated carbocycles. The van der Waals surface area contributed by atoms with Gasteiger partial charge in [0.1, 0.15) is 24.4 Å². The minimum absolute atomic E-state index is 0.331. The fourth-order valence-electron chi connectivity index (χ4n) is 2.06. The van der Waals surface area contributed by atoms with E-state index in [1.54, 1.807) is 6.92 Å². The van der Waals surface area contributed by atoms with E-state index >= 15 is 0 Å². The van der Waals surface area contributed by atoms with Crippen molar-refractivity contribution in [3.05, 3.63) is 0 Å². The van der Waals surface area contributed by atoms with Crippen LogP contribution in [0, 0.1) is 5.92 Å². The molecule has 2 unspecified atom stereocenters. The van der Waals surface area contributed by atoms with Crippen LogP contribution >= 0.6 is 0 Å². The first-order chi connectivity index (χ1) is 7.93. The monoisotopic (exact) mass is 249 g/mol. The highest BCUT2D eigenvalue weighted by atomic mass is 16.5. The smallest absolute Gasteiger partial charge is 0.223 e. The maximum atomic E-state index is 11.2. The second-order valence-electron chi connectivity index (χ2n) is 4.21. The van der Waals surface area contributed by atoms with E-state index in [0.717, 1.165) is 0 Å². The lowest BCUT2D eigenvalue weighted by molar-refractivity contribution is -0.239.